The van der Waals surface area contributed by atoms with Crippen LogP contribution in [0.5, 0.6) is 0 Å². The van der Waals surface area contributed by atoms with E-state index in [1.165, 1.54) is 47.7 Å². The molecule has 9 aromatic rings. The van der Waals surface area contributed by atoms with Crippen LogP contribution in [-0.2, 0) is 22.1 Å². The molecular weight excluding hydrogens is 934 g/mol. The third kappa shape index (κ3) is 16.1. The Morgan fingerprint density at radius 2 is 0.365 bits per heavy atom. The maximum Gasteiger partial charge on any atom is 0.102 e. The van der Waals surface area contributed by atoms with E-state index in [-0.39, 0.29) is 0 Å². The summed E-state index contributed by atoms with van der Waals surface area (Å²) in [4.78, 5) is 9.00. The number of rotatable bonds is 9. The van der Waals surface area contributed by atoms with Gasteiger partial charge in [0.2, 0.25) is 0 Å². The number of hydrogen-bond donors (Lipinski definition) is 1. The molecule has 0 aliphatic heterocycles. The van der Waals surface area contributed by atoms with E-state index in [2.05, 4.69) is 283 Å². The SMILES string of the molecule is CC(=O)O.[Cl][Ru].c1ccc([PH+](c2ccccc2)c2ccccc2)cc1.c1ccc([PH+](c2ccccc2)c2ccccc2)cc1.c1ccc([PH+](c2ccccc2)c2ccccc2)cc1. The van der Waals surface area contributed by atoms with Gasteiger partial charge in [-0.3, -0.25) is 4.79 Å². The predicted molar refractivity (Wildman–Crippen MR) is 279 cm³/mol. The van der Waals surface area contributed by atoms with E-state index in [9.17, 15) is 0 Å². The van der Waals surface area contributed by atoms with Gasteiger partial charge in [0.15, 0.2) is 0 Å². The number of carboxylic acid groups (broad SMARTS) is 1. The summed E-state index contributed by atoms with van der Waals surface area (Å²) in [5, 5.41) is 20.3. The van der Waals surface area contributed by atoms with E-state index in [1.807, 2.05) is 17.3 Å². The van der Waals surface area contributed by atoms with Crippen molar-refractivity contribution in [2.45, 2.75) is 6.92 Å². The van der Waals surface area contributed by atoms with Crippen LogP contribution in [0.15, 0.2) is 273 Å². The van der Waals surface area contributed by atoms with Gasteiger partial charge in [0.1, 0.15) is 47.7 Å². The van der Waals surface area contributed by atoms with Gasteiger partial charge in [-0.2, -0.15) is 0 Å². The number of aliphatic carboxylic acids is 1. The van der Waals surface area contributed by atoms with Gasteiger partial charge in [-0.15, -0.1) is 0 Å². The first-order valence-electron chi connectivity index (χ1n) is 20.5. The van der Waals surface area contributed by atoms with Crippen LogP contribution in [0, 0.1) is 0 Å². The summed E-state index contributed by atoms with van der Waals surface area (Å²) >= 11 is 1.82. The van der Waals surface area contributed by atoms with Gasteiger partial charge in [0.05, 0.1) is 23.8 Å². The van der Waals surface area contributed by atoms with Gasteiger partial charge >= 0.3 is 27.0 Å². The zero-order valence-electron chi connectivity index (χ0n) is 35.1. The van der Waals surface area contributed by atoms with Crippen LogP contribution in [0.1, 0.15) is 6.92 Å². The topological polar surface area (TPSA) is 37.3 Å². The second kappa shape index (κ2) is 28.4. The molecule has 63 heavy (non-hydrogen) atoms. The zero-order valence-corrected chi connectivity index (χ0v) is 40.6. The van der Waals surface area contributed by atoms with Gasteiger partial charge in [0, 0.05) is 6.92 Å². The Hall–Kier alpha value is -5.35. The smallest absolute Gasteiger partial charge is 0.0620 e. The normalized spacial score (nSPS) is 10.1. The maximum absolute atomic E-state index is 9.00. The third-order valence-electron chi connectivity index (χ3n) is 9.56. The Labute approximate surface area is 391 Å². The molecule has 0 heterocycles. The number of carboxylic acids is 1. The molecule has 0 aromatic heterocycles. The molecular formula is C56H52ClO2P3Ru+3. The largest absolute Gasteiger partial charge is 0.102 e. The Morgan fingerprint density at radius 1 is 0.286 bits per heavy atom. The molecule has 0 spiro atoms. The molecule has 0 aliphatic rings. The summed E-state index contributed by atoms with van der Waals surface area (Å²) in [6.07, 6.45) is 0. The molecule has 2 nitrogen and oxygen atoms in total. The summed E-state index contributed by atoms with van der Waals surface area (Å²) in [7, 11) is 1.94. The average Bonchev–Trinajstić information content (AvgIpc) is 3.36. The van der Waals surface area contributed by atoms with Gasteiger partial charge in [0.25, 0.3) is 5.97 Å². The second-order valence-electron chi connectivity index (χ2n) is 13.9. The van der Waals surface area contributed by atoms with Crippen molar-refractivity contribution in [3.63, 3.8) is 0 Å². The Bertz CT molecular complexity index is 1980. The predicted octanol–water partition coefficient (Wildman–Crippen LogP) is 10.3. The third-order valence-corrected chi connectivity index (χ3v) is 17.8. The van der Waals surface area contributed by atoms with Crippen molar-refractivity contribution in [2.75, 3.05) is 0 Å². The summed E-state index contributed by atoms with van der Waals surface area (Å²) < 4.78 is 0. The van der Waals surface area contributed by atoms with Crippen molar-refractivity contribution >= 4 is 87.2 Å². The van der Waals surface area contributed by atoms with E-state index < -0.39 is 29.7 Å². The van der Waals surface area contributed by atoms with Crippen LogP contribution in [0.4, 0.5) is 0 Å². The molecule has 7 heteroatoms. The van der Waals surface area contributed by atoms with Crippen molar-refractivity contribution in [2.24, 2.45) is 0 Å². The molecule has 315 valence electrons. The first-order valence-corrected chi connectivity index (χ1v) is 27.2. The van der Waals surface area contributed by atoms with E-state index in [4.69, 9.17) is 9.90 Å². The molecule has 0 bridgehead atoms. The Kier molecular flexibility index (Phi) is 21.9. The minimum Gasteiger partial charge on any atom is -0.0620 e. The first kappa shape index (κ1) is 48.7. The molecule has 1 N–H and O–H groups in total. The molecule has 9 aromatic carbocycles. The summed E-state index contributed by atoms with van der Waals surface area (Å²) in [6.45, 7) is 1.08. The van der Waals surface area contributed by atoms with Crippen molar-refractivity contribution in [1.82, 2.24) is 0 Å². The fraction of sp³-hybridized carbons (Fsp3) is 0.0179. The Morgan fingerprint density at radius 3 is 0.444 bits per heavy atom. The van der Waals surface area contributed by atoms with Crippen molar-refractivity contribution < 1.29 is 27.2 Å². The van der Waals surface area contributed by atoms with Crippen LogP contribution in [-0.4, -0.2) is 11.1 Å². The van der Waals surface area contributed by atoms with Crippen LogP contribution in [0.25, 0.3) is 0 Å². The number of benzene rings is 9. The van der Waals surface area contributed by atoms with Gasteiger partial charge < -0.3 is 5.11 Å². The molecule has 0 amide bonds. The van der Waals surface area contributed by atoms with Crippen molar-refractivity contribution in [1.29, 1.82) is 0 Å². The van der Waals surface area contributed by atoms with Gasteiger partial charge in [-0.25, -0.2) is 0 Å². The van der Waals surface area contributed by atoms with Crippen LogP contribution < -0.4 is 47.7 Å². The second-order valence-corrected chi connectivity index (χ2v) is 21.4. The van der Waals surface area contributed by atoms with E-state index >= 15 is 0 Å². The fourth-order valence-corrected chi connectivity index (χ4v) is 14.7. The quantitative estimate of drug-likeness (QED) is 0.116. The maximum atomic E-state index is 9.00. The Balaban J connectivity index is 0.000000167. The number of halogens is 1. The first-order chi connectivity index (χ1) is 31.1. The summed E-state index contributed by atoms with van der Waals surface area (Å²) in [6, 6.07) is 97.5. The van der Waals surface area contributed by atoms with E-state index in [1.54, 1.807) is 0 Å². The molecule has 0 radical (unpaired) electrons. The molecule has 0 atom stereocenters. The number of carbonyl (C=O) groups is 1. The van der Waals surface area contributed by atoms with E-state index in [0.717, 1.165) is 6.92 Å². The average molecular weight is 986 g/mol. The van der Waals surface area contributed by atoms with Crippen molar-refractivity contribution in [3.8, 4) is 0 Å². The van der Waals surface area contributed by atoms with Crippen LogP contribution in [0.3, 0.4) is 0 Å². The molecule has 0 saturated heterocycles. The van der Waals surface area contributed by atoms with E-state index in [0.29, 0.717) is 0 Å². The molecule has 0 fully saturated rings. The monoisotopic (exact) mass is 986 g/mol. The van der Waals surface area contributed by atoms with Crippen molar-refractivity contribution in [3.05, 3.63) is 273 Å². The zero-order chi connectivity index (χ0) is 44.3. The van der Waals surface area contributed by atoms with Gasteiger partial charge in [-0.05, 0) is 109 Å². The minimum absolute atomic E-state index is 0.833. The van der Waals surface area contributed by atoms with Gasteiger partial charge in [-0.1, -0.05) is 164 Å². The summed E-state index contributed by atoms with van der Waals surface area (Å²) in [5.74, 6) is -0.833. The fourth-order valence-electron chi connectivity index (χ4n) is 6.94. The van der Waals surface area contributed by atoms with Crippen LogP contribution in [0.2, 0.25) is 0 Å². The van der Waals surface area contributed by atoms with Crippen LogP contribution >= 0.6 is 33.5 Å². The summed E-state index contributed by atoms with van der Waals surface area (Å²) in [5.41, 5.74) is 0. The molecule has 0 unspecified atom stereocenters. The molecule has 9 rings (SSSR count). The molecule has 0 aliphatic carbocycles. The standard InChI is InChI=1S/3C18H15P.C2H4O2.ClH.Ru/c3*1-4-10-16(11-5-1)19(17-12-6-2-7-13-17)18-14-8-3-9-15-18;1-2(3)4;;/h3*1-15H;1H3,(H,3,4);1H;/q;;;;;+1/p+2. The minimum atomic E-state index is -0.877. The molecule has 0 saturated carbocycles. The number of hydrogen-bond acceptors (Lipinski definition) is 1.